The van der Waals surface area contributed by atoms with Crippen LogP contribution >= 0.6 is 0 Å². The molecule has 0 atom stereocenters. The number of hydrogen-bond acceptors (Lipinski definition) is 6. The minimum absolute atomic E-state index is 0. The Morgan fingerprint density at radius 2 is 0.800 bits per heavy atom. The molecule has 25 heavy (non-hydrogen) atoms. The number of nitrogens with two attached hydrogens (primary N) is 2. The second kappa shape index (κ2) is 22.8. The summed E-state index contributed by atoms with van der Waals surface area (Å²) in [6.07, 6.45) is 5.76. The summed E-state index contributed by atoms with van der Waals surface area (Å²) in [7, 11) is 0. The zero-order valence-electron chi connectivity index (χ0n) is 14.6. The summed E-state index contributed by atoms with van der Waals surface area (Å²) in [5.74, 6) is -3.33. The van der Waals surface area contributed by atoms with E-state index >= 15 is 0 Å². The van der Waals surface area contributed by atoms with Crippen molar-refractivity contribution in [3.63, 3.8) is 0 Å². The molecule has 0 spiro atoms. The first-order valence-electron chi connectivity index (χ1n) is 7.00. The van der Waals surface area contributed by atoms with Gasteiger partial charge in [0.15, 0.2) is 0 Å². The molecule has 0 amide bonds. The molecule has 0 aliphatic heterocycles. The summed E-state index contributed by atoms with van der Waals surface area (Å²) < 4.78 is 0. The molecule has 1 fully saturated rings. The third kappa shape index (κ3) is 127. The Balaban J connectivity index is -0.0000000695. The van der Waals surface area contributed by atoms with Crippen LogP contribution in [0.15, 0.2) is 0 Å². The number of hydrogen-bond donors (Lipinski definition) is 6. The predicted molar refractivity (Wildman–Crippen MR) is 94.6 cm³/mol. The fourth-order valence-corrected chi connectivity index (χ4v) is 1.21. The van der Waals surface area contributed by atoms with Crippen LogP contribution in [-0.2, 0) is 19.2 Å². The molecule has 1 aliphatic carbocycles. The predicted octanol–water partition coefficient (Wildman–Crippen LogP) is 0.279. The first-order valence-corrected chi connectivity index (χ1v) is 7.00. The molecule has 0 bridgehead atoms. The molecule has 0 aromatic carbocycles. The Morgan fingerprint density at radius 3 is 0.880 bits per heavy atom. The molecule has 146 valence electrons. The maximum atomic E-state index is 9.00. The Bertz CT molecular complexity index is 304. The van der Waals surface area contributed by atoms with Crippen molar-refractivity contribution in [3.05, 3.63) is 0 Å². The monoisotopic (exact) mass is 378 g/mol. The first-order chi connectivity index (χ1) is 10.6. The van der Waals surface area contributed by atoms with Crippen LogP contribution in [0.5, 0.6) is 0 Å². The van der Waals surface area contributed by atoms with Crippen molar-refractivity contribution in [2.75, 3.05) is 0 Å². The van der Waals surface area contributed by atoms with Gasteiger partial charge in [0.05, 0.1) is 5.66 Å². The Morgan fingerprint density at radius 1 is 0.640 bits per heavy atom. The van der Waals surface area contributed by atoms with Gasteiger partial charge in [0, 0.05) is 27.7 Å². The van der Waals surface area contributed by atoms with Gasteiger partial charge in [-0.1, -0.05) is 19.3 Å². The average molecular weight is 378 g/mol. The third-order valence-electron chi connectivity index (χ3n) is 1.78. The topological polar surface area (TPSA) is 201 Å². The molecule has 1 saturated carbocycles. The summed E-state index contributed by atoms with van der Waals surface area (Å²) in [5.41, 5.74) is 11.0. The number of carbonyl (C=O) groups is 4. The van der Waals surface area contributed by atoms with E-state index in [1.807, 2.05) is 0 Å². The second-order valence-electron chi connectivity index (χ2n) is 4.87. The van der Waals surface area contributed by atoms with E-state index in [1.165, 1.54) is 19.3 Å². The standard InChI is InChI=1S/C6H14N2.4C2H4O2.Na.H/c7-6(8)4-2-1-3-5-6;4*1-2(3)4;;/h1-5,7-8H2;4*1H3,(H,3,4);;. The molecule has 0 unspecified atom stereocenters. The normalized spacial score (nSPS) is 12.9. The van der Waals surface area contributed by atoms with Gasteiger partial charge in [-0.2, -0.15) is 0 Å². The van der Waals surface area contributed by atoms with Gasteiger partial charge in [-0.25, -0.2) is 0 Å². The molecule has 0 radical (unpaired) electrons. The molecule has 0 heterocycles. The molecule has 0 saturated heterocycles. The molecule has 10 nitrogen and oxygen atoms in total. The molecular formula is C14H31N2NaO8. The van der Waals surface area contributed by atoms with Crippen LogP contribution < -0.4 is 11.5 Å². The minimum atomic E-state index is -0.833. The SMILES string of the molecule is CC(=O)O.CC(=O)O.CC(=O)O.CC(=O)O.NC1(N)CCCCC1.[NaH]. The number of carboxylic acids is 4. The molecule has 0 aromatic heterocycles. The van der Waals surface area contributed by atoms with Crippen molar-refractivity contribution in [1.29, 1.82) is 0 Å². The van der Waals surface area contributed by atoms with Crippen molar-refractivity contribution >= 4 is 53.4 Å². The number of carboxylic acid groups (broad SMARTS) is 4. The van der Waals surface area contributed by atoms with Crippen LogP contribution in [0.4, 0.5) is 0 Å². The van der Waals surface area contributed by atoms with Crippen LogP contribution in [0, 0.1) is 0 Å². The van der Waals surface area contributed by atoms with Crippen molar-refractivity contribution in [3.8, 4) is 0 Å². The van der Waals surface area contributed by atoms with Gasteiger partial charge in [0.1, 0.15) is 0 Å². The van der Waals surface area contributed by atoms with Crippen LogP contribution in [0.3, 0.4) is 0 Å². The Labute approximate surface area is 169 Å². The Kier molecular flexibility index (Phi) is 31.9. The summed E-state index contributed by atoms with van der Waals surface area (Å²) in [6.45, 7) is 4.33. The molecule has 8 N–H and O–H groups in total. The average Bonchev–Trinajstić information content (AvgIpc) is 2.24. The summed E-state index contributed by atoms with van der Waals surface area (Å²) >= 11 is 0. The van der Waals surface area contributed by atoms with E-state index in [1.54, 1.807) is 0 Å². The van der Waals surface area contributed by atoms with E-state index < -0.39 is 23.9 Å². The van der Waals surface area contributed by atoms with E-state index in [2.05, 4.69) is 0 Å². The van der Waals surface area contributed by atoms with Crippen LogP contribution in [0.1, 0.15) is 59.8 Å². The van der Waals surface area contributed by atoms with Gasteiger partial charge in [0.2, 0.25) is 0 Å². The summed E-state index contributed by atoms with van der Waals surface area (Å²) in [5, 5.41) is 29.7. The van der Waals surface area contributed by atoms with Gasteiger partial charge in [-0.05, 0) is 12.8 Å². The first kappa shape index (κ1) is 35.0. The summed E-state index contributed by atoms with van der Waals surface area (Å²) in [6, 6.07) is 0. The van der Waals surface area contributed by atoms with E-state index in [9.17, 15) is 0 Å². The zero-order valence-corrected chi connectivity index (χ0v) is 14.6. The van der Waals surface area contributed by atoms with Gasteiger partial charge < -0.3 is 31.9 Å². The van der Waals surface area contributed by atoms with Crippen molar-refractivity contribution in [1.82, 2.24) is 0 Å². The molecule has 0 aromatic rings. The van der Waals surface area contributed by atoms with E-state index in [-0.39, 0.29) is 35.2 Å². The summed E-state index contributed by atoms with van der Waals surface area (Å²) in [4.78, 5) is 36.0. The van der Waals surface area contributed by atoms with Crippen molar-refractivity contribution < 1.29 is 39.6 Å². The van der Waals surface area contributed by atoms with Crippen molar-refractivity contribution in [2.24, 2.45) is 11.5 Å². The van der Waals surface area contributed by atoms with Gasteiger partial charge >= 0.3 is 29.6 Å². The van der Waals surface area contributed by atoms with Gasteiger partial charge in [-0.3, -0.25) is 19.2 Å². The maximum absolute atomic E-state index is 9.00. The van der Waals surface area contributed by atoms with Crippen LogP contribution in [0.25, 0.3) is 0 Å². The van der Waals surface area contributed by atoms with E-state index in [0.717, 1.165) is 40.5 Å². The number of rotatable bonds is 0. The van der Waals surface area contributed by atoms with Gasteiger partial charge in [-0.15, -0.1) is 0 Å². The fraction of sp³-hybridized carbons (Fsp3) is 0.714. The molecule has 1 aliphatic rings. The Hall–Kier alpha value is -1.20. The van der Waals surface area contributed by atoms with Crippen molar-refractivity contribution in [2.45, 2.75) is 65.5 Å². The number of aliphatic carboxylic acids is 4. The van der Waals surface area contributed by atoms with Crippen LogP contribution in [-0.4, -0.2) is 79.5 Å². The van der Waals surface area contributed by atoms with Crippen LogP contribution in [0.2, 0.25) is 0 Å². The van der Waals surface area contributed by atoms with E-state index in [4.69, 9.17) is 51.1 Å². The third-order valence-corrected chi connectivity index (χ3v) is 1.78. The van der Waals surface area contributed by atoms with Gasteiger partial charge in [0.25, 0.3) is 23.9 Å². The molecule has 11 heteroatoms. The quantitative estimate of drug-likeness (QED) is 0.251. The zero-order chi connectivity index (χ0) is 20.3. The molecular weight excluding hydrogens is 347 g/mol. The second-order valence-corrected chi connectivity index (χ2v) is 4.87. The fourth-order valence-electron chi connectivity index (χ4n) is 1.21. The van der Waals surface area contributed by atoms with E-state index in [0.29, 0.717) is 0 Å². The molecule has 1 rings (SSSR count).